The van der Waals surface area contributed by atoms with Crippen molar-refractivity contribution in [2.45, 2.75) is 26.1 Å². The van der Waals surface area contributed by atoms with E-state index in [0.717, 1.165) is 30.7 Å². The third kappa shape index (κ3) is 5.51. The van der Waals surface area contributed by atoms with Gasteiger partial charge in [-0.15, -0.1) is 0 Å². The predicted octanol–water partition coefficient (Wildman–Crippen LogP) is 3.22. The van der Waals surface area contributed by atoms with Gasteiger partial charge in [0.1, 0.15) is 0 Å². The fourth-order valence-corrected chi connectivity index (χ4v) is 1.44. The Morgan fingerprint density at radius 1 is 1.11 bits per heavy atom. The maximum absolute atomic E-state index is 12.3. The van der Waals surface area contributed by atoms with Gasteiger partial charge in [-0.1, -0.05) is 19.1 Å². The Labute approximate surface area is 105 Å². The number of alkyl halides is 3. The SMILES string of the molecule is CCCOCCNCc1ccc(C(F)(F)F)cc1. The van der Waals surface area contributed by atoms with E-state index in [1.165, 1.54) is 12.1 Å². The van der Waals surface area contributed by atoms with Crippen LogP contribution in [0.15, 0.2) is 24.3 Å². The number of rotatable bonds is 7. The smallest absolute Gasteiger partial charge is 0.380 e. The molecule has 0 aromatic heterocycles. The van der Waals surface area contributed by atoms with Crippen LogP contribution < -0.4 is 5.32 Å². The first-order valence-corrected chi connectivity index (χ1v) is 5.98. The molecule has 0 saturated heterocycles. The Hall–Kier alpha value is -1.07. The van der Waals surface area contributed by atoms with Crippen LogP contribution in [0.1, 0.15) is 24.5 Å². The summed E-state index contributed by atoms with van der Waals surface area (Å²) >= 11 is 0. The number of halogens is 3. The summed E-state index contributed by atoms with van der Waals surface area (Å²) in [4.78, 5) is 0. The molecule has 102 valence electrons. The van der Waals surface area contributed by atoms with E-state index in [2.05, 4.69) is 5.32 Å². The van der Waals surface area contributed by atoms with Crippen molar-refractivity contribution >= 4 is 0 Å². The van der Waals surface area contributed by atoms with Crippen LogP contribution >= 0.6 is 0 Å². The van der Waals surface area contributed by atoms with Crippen molar-refractivity contribution in [3.05, 3.63) is 35.4 Å². The number of ether oxygens (including phenoxy) is 1. The first-order valence-electron chi connectivity index (χ1n) is 5.98. The van der Waals surface area contributed by atoms with Crippen molar-refractivity contribution in [1.29, 1.82) is 0 Å². The average molecular weight is 261 g/mol. The Morgan fingerprint density at radius 2 is 1.78 bits per heavy atom. The van der Waals surface area contributed by atoms with E-state index in [1.54, 1.807) is 0 Å². The molecule has 2 nitrogen and oxygen atoms in total. The van der Waals surface area contributed by atoms with Crippen molar-refractivity contribution in [1.82, 2.24) is 5.32 Å². The Kier molecular flexibility index (Phi) is 6.15. The van der Waals surface area contributed by atoms with Gasteiger partial charge in [-0.2, -0.15) is 13.2 Å². The quantitative estimate of drug-likeness (QED) is 0.761. The molecule has 0 amide bonds. The molecule has 1 aromatic carbocycles. The van der Waals surface area contributed by atoms with Gasteiger partial charge in [-0.25, -0.2) is 0 Å². The molecule has 18 heavy (non-hydrogen) atoms. The lowest BCUT2D eigenvalue weighted by atomic mass is 10.1. The lowest BCUT2D eigenvalue weighted by molar-refractivity contribution is -0.137. The molecule has 1 aromatic rings. The molecule has 0 atom stereocenters. The number of nitrogens with one attached hydrogen (secondary N) is 1. The molecule has 0 fully saturated rings. The predicted molar refractivity (Wildman–Crippen MR) is 64.3 cm³/mol. The summed E-state index contributed by atoms with van der Waals surface area (Å²) in [6, 6.07) is 5.18. The van der Waals surface area contributed by atoms with Gasteiger partial charge >= 0.3 is 6.18 Å². The highest BCUT2D eigenvalue weighted by Gasteiger charge is 2.29. The van der Waals surface area contributed by atoms with E-state index in [4.69, 9.17) is 4.74 Å². The topological polar surface area (TPSA) is 21.3 Å². The molecule has 0 aliphatic heterocycles. The fourth-order valence-electron chi connectivity index (χ4n) is 1.44. The summed E-state index contributed by atoms with van der Waals surface area (Å²) in [5, 5.41) is 3.11. The zero-order valence-electron chi connectivity index (χ0n) is 10.4. The molecule has 0 heterocycles. The van der Waals surface area contributed by atoms with Gasteiger partial charge in [0.05, 0.1) is 12.2 Å². The molecule has 0 aliphatic carbocycles. The molecular formula is C13H18F3NO. The number of hydrogen-bond donors (Lipinski definition) is 1. The Morgan fingerprint density at radius 3 is 2.33 bits per heavy atom. The molecule has 0 saturated carbocycles. The maximum atomic E-state index is 12.3. The Bertz CT molecular complexity index is 335. The molecule has 0 unspecified atom stereocenters. The normalized spacial score (nSPS) is 11.8. The molecule has 0 aliphatic rings. The minimum atomic E-state index is -4.26. The van der Waals surface area contributed by atoms with Gasteiger partial charge in [0.25, 0.3) is 0 Å². The van der Waals surface area contributed by atoms with Crippen LogP contribution in [0.4, 0.5) is 13.2 Å². The molecule has 1 N–H and O–H groups in total. The van der Waals surface area contributed by atoms with Crippen molar-refractivity contribution < 1.29 is 17.9 Å². The van der Waals surface area contributed by atoms with Crippen molar-refractivity contribution in [2.24, 2.45) is 0 Å². The number of hydrogen-bond acceptors (Lipinski definition) is 2. The second-order valence-corrected chi connectivity index (χ2v) is 3.98. The molecular weight excluding hydrogens is 243 g/mol. The van der Waals surface area contributed by atoms with Gasteiger partial charge in [0.15, 0.2) is 0 Å². The molecule has 5 heteroatoms. The summed E-state index contributed by atoms with van der Waals surface area (Å²) < 4.78 is 42.2. The summed E-state index contributed by atoms with van der Waals surface area (Å²) in [6.07, 6.45) is -3.28. The zero-order valence-corrected chi connectivity index (χ0v) is 10.4. The lowest BCUT2D eigenvalue weighted by Gasteiger charge is -2.08. The van der Waals surface area contributed by atoms with Crippen LogP contribution in [0.2, 0.25) is 0 Å². The largest absolute Gasteiger partial charge is 0.416 e. The minimum Gasteiger partial charge on any atom is -0.380 e. The first-order chi connectivity index (χ1) is 8.54. The van der Waals surface area contributed by atoms with Gasteiger partial charge in [-0.3, -0.25) is 0 Å². The van der Waals surface area contributed by atoms with E-state index in [9.17, 15) is 13.2 Å². The van der Waals surface area contributed by atoms with E-state index in [-0.39, 0.29) is 0 Å². The second kappa shape index (κ2) is 7.38. The second-order valence-electron chi connectivity index (χ2n) is 3.98. The number of benzene rings is 1. The maximum Gasteiger partial charge on any atom is 0.416 e. The third-order valence-electron chi connectivity index (χ3n) is 2.38. The highest BCUT2D eigenvalue weighted by Crippen LogP contribution is 2.28. The van der Waals surface area contributed by atoms with E-state index in [1.807, 2.05) is 6.92 Å². The fraction of sp³-hybridized carbons (Fsp3) is 0.538. The van der Waals surface area contributed by atoms with Crippen molar-refractivity contribution in [3.63, 3.8) is 0 Å². The minimum absolute atomic E-state index is 0.549. The molecule has 1 rings (SSSR count). The highest BCUT2D eigenvalue weighted by molar-refractivity contribution is 5.24. The molecule has 0 spiro atoms. The molecule has 0 bridgehead atoms. The zero-order chi connectivity index (χ0) is 13.4. The van der Waals surface area contributed by atoms with Crippen molar-refractivity contribution in [3.8, 4) is 0 Å². The van der Waals surface area contributed by atoms with Gasteiger partial charge < -0.3 is 10.1 Å². The average Bonchev–Trinajstić information content (AvgIpc) is 2.33. The van der Waals surface area contributed by atoms with Gasteiger partial charge in [-0.05, 0) is 24.1 Å². The van der Waals surface area contributed by atoms with E-state index < -0.39 is 11.7 Å². The summed E-state index contributed by atoms with van der Waals surface area (Å²) in [5.41, 5.74) is 0.219. The van der Waals surface area contributed by atoms with Crippen LogP contribution in [0.5, 0.6) is 0 Å². The molecule has 0 radical (unpaired) electrons. The van der Waals surface area contributed by atoms with E-state index in [0.29, 0.717) is 19.7 Å². The standard InChI is InChI=1S/C13H18F3NO/c1-2-8-18-9-7-17-10-11-3-5-12(6-4-11)13(14,15)16/h3-6,17H,2,7-10H2,1H3. The van der Waals surface area contributed by atoms with Crippen LogP contribution in [0, 0.1) is 0 Å². The van der Waals surface area contributed by atoms with Crippen LogP contribution in [-0.2, 0) is 17.5 Å². The van der Waals surface area contributed by atoms with E-state index >= 15 is 0 Å². The van der Waals surface area contributed by atoms with Crippen molar-refractivity contribution in [2.75, 3.05) is 19.8 Å². The first kappa shape index (κ1) is 15.0. The lowest BCUT2D eigenvalue weighted by Crippen LogP contribution is -2.19. The van der Waals surface area contributed by atoms with Crippen LogP contribution in [0.25, 0.3) is 0 Å². The highest BCUT2D eigenvalue weighted by atomic mass is 19.4. The summed E-state index contributed by atoms with van der Waals surface area (Å²) in [6.45, 7) is 4.64. The Balaban J connectivity index is 2.27. The third-order valence-corrected chi connectivity index (χ3v) is 2.38. The van der Waals surface area contributed by atoms with Crippen LogP contribution in [-0.4, -0.2) is 19.8 Å². The summed E-state index contributed by atoms with van der Waals surface area (Å²) in [7, 11) is 0. The van der Waals surface area contributed by atoms with Crippen LogP contribution in [0.3, 0.4) is 0 Å². The monoisotopic (exact) mass is 261 g/mol. The van der Waals surface area contributed by atoms with Gasteiger partial charge in [0.2, 0.25) is 0 Å². The van der Waals surface area contributed by atoms with Gasteiger partial charge in [0, 0.05) is 19.7 Å². The summed E-state index contributed by atoms with van der Waals surface area (Å²) in [5.74, 6) is 0.